The number of hydrogen-bond donors (Lipinski definition) is 0. The Labute approximate surface area is 194 Å². The summed E-state index contributed by atoms with van der Waals surface area (Å²) in [5.74, 6) is 1.50. The molecule has 0 bridgehead atoms. The van der Waals surface area contributed by atoms with E-state index in [1.165, 1.54) is 5.56 Å². The number of rotatable bonds is 6. The normalized spacial score (nSPS) is 15.3. The van der Waals surface area contributed by atoms with Gasteiger partial charge in [-0.2, -0.15) is 4.98 Å². The molecule has 0 spiro atoms. The van der Waals surface area contributed by atoms with Crippen molar-refractivity contribution in [2.24, 2.45) is 0 Å². The summed E-state index contributed by atoms with van der Waals surface area (Å²) in [7, 11) is 0. The number of carbonyl (C=O) groups is 1. The summed E-state index contributed by atoms with van der Waals surface area (Å²) in [6.07, 6.45) is 2.58. The molecular formula is C28H27N3O2. The number of carbonyl (C=O) groups excluding carboxylic acids is 1. The van der Waals surface area contributed by atoms with E-state index in [1.54, 1.807) is 0 Å². The number of nitrogens with zero attached hydrogens (tertiary/aromatic N) is 3. The van der Waals surface area contributed by atoms with Crippen LogP contribution in [-0.2, 0) is 23.1 Å². The summed E-state index contributed by atoms with van der Waals surface area (Å²) in [5, 5.41) is 4.43. The maximum Gasteiger partial charge on any atom is 0.231 e. The molecule has 1 aliphatic rings. The third-order valence-electron chi connectivity index (χ3n) is 6.59. The highest BCUT2D eigenvalue weighted by Gasteiger charge is 2.42. The Balaban J connectivity index is 1.36. The van der Waals surface area contributed by atoms with Crippen molar-refractivity contribution in [3.8, 4) is 0 Å². The number of aromatic nitrogens is 2. The summed E-state index contributed by atoms with van der Waals surface area (Å²) in [4.78, 5) is 19.7. The van der Waals surface area contributed by atoms with Gasteiger partial charge in [0.15, 0.2) is 5.82 Å². The molecule has 3 aromatic carbocycles. The van der Waals surface area contributed by atoms with Crippen LogP contribution in [0, 0.1) is 0 Å². The smallest absolute Gasteiger partial charge is 0.231 e. The van der Waals surface area contributed by atoms with Gasteiger partial charge in [-0.05, 0) is 29.5 Å². The SMILES string of the molecule is O=C(Cc1ccccc1)N1CCC(c2ccccc2)(c2noc(Cc3ccccc3)n2)CC1. The molecule has 0 radical (unpaired) electrons. The van der Waals surface area contributed by atoms with Crippen LogP contribution in [-0.4, -0.2) is 34.0 Å². The van der Waals surface area contributed by atoms with Gasteiger partial charge < -0.3 is 9.42 Å². The number of likely N-dealkylation sites (tertiary alicyclic amines) is 1. The van der Waals surface area contributed by atoms with E-state index in [0.29, 0.717) is 31.8 Å². The number of piperidine rings is 1. The maximum absolute atomic E-state index is 12.9. The van der Waals surface area contributed by atoms with Gasteiger partial charge in [0.25, 0.3) is 0 Å². The van der Waals surface area contributed by atoms with Crippen molar-refractivity contribution in [1.82, 2.24) is 15.0 Å². The van der Waals surface area contributed by atoms with Crippen molar-refractivity contribution in [2.75, 3.05) is 13.1 Å². The van der Waals surface area contributed by atoms with E-state index in [2.05, 4.69) is 41.6 Å². The lowest BCUT2D eigenvalue weighted by Gasteiger charge is -2.40. The Morgan fingerprint density at radius 1 is 0.818 bits per heavy atom. The zero-order valence-corrected chi connectivity index (χ0v) is 18.6. The predicted octanol–water partition coefficient (Wildman–Crippen LogP) is 4.81. The van der Waals surface area contributed by atoms with Gasteiger partial charge >= 0.3 is 0 Å². The molecule has 33 heavy (non-hydrogen) atoms. The zero-order chi connectivity index (χ0) is 22.5. The van der Waals surface area contributed by atoms with Crippen molar-refractivity contribution in [3.05, 3.63) is 119 Å². The van der Waals surface area contributed by atoms with Crippen LogP contribution in [0.2, 0.25) is 0 Å². The average Bonchev–Trinajstić information content (AvgIpc) is 3.35. The fraction of sp³-hybridized carbons (Fsp3) is 0.250. The van der Waals surface area contributed by atoms with Crippen molar-refractivity contribution in [2.45, 2.75) is 31.1 Å². The molecular weight excluding hydrogens is 410 g/mol. The molecule has 1 amide bonds. The molecule has 1 aromatic heterocycles. The first-order valence-corrected chi connectivity index (χ1v) is 11.5. The van der Waals surface area contributed by atoms with Crippen LogP contribution in [0.3, 0.4) is 0 Å². The lowest BCUT2D eigenvalue weighted by atomic mass is 9.72. The number of benzene rings is 3. The number of hydrogen-bond acceptors (Lipinski definition) is 4. The van der Waals surface area contributed by atoms with Gasteiger partial charge in [0.2, 0.25) is 11.8 Å². The molecule has 0 N–H and O–H groups in total. The average molecular weight is 438 g/mol. The Morgan fingerprint density at radius 2 is 1.39 bits per heavy atom. The van der Waals surface area contributed by atoms with Crippen LogP contribution < -0.4 is 0 Å². The quantitative estimate of drug-likeness (QED) is 0.434. The second-order valence-corrected chi connectivity index (χ2v) is 8.67. The van der Waals surface area contributed by atoms with Crippen molar-refractivity contribution in [1.29, 1.82) is 0 Å². The van der Waals surface area contributed by atoms with Gasteiger partial charge in [0.1, 0.15) is 0 Å². The Bertz CT molecular complexity index is 1180. The van der Waals surface area contributed by atoms with E-state index in [9.17, 15) is 4.79 Å². The van der Waals surface area contributed by atoms with Crippen molar-refractivity contribution >= 4 is 5.91 Å². The van der Waals surface area contributed by atoms with Crippen LogP contribution in [0.5, 0.6) is 0 Å². The molecule has 5 rings (SSSR count). The van der Waals surface area contributed by atoms with Gasteiger partial charge in [-0.3, -0.25) is 4.79 Å². The Kier molecular flexibility index (Phi) is 6.03. The van der Waals surface area contributed by atoms with Crippen molar-refractivity contribution < 1.29 is 9.32 Å². The summed E-state index contributed by atoms with van der Waals surface area (Å²) in [6, 6.07) is 30.5. The summed E-state index contributed by atoms with van der Waals surface area (Å²) < 4.78 is 5.68. The minimum atomic E-state index is -0.358. The fourth-order valence-electron chi connectivity index (χ4n) is 4.71. The van der Waals surface area contributed by atoms with Gasteiger partial charge in [-0.25, -0.2) is 0 Å². The molecule has 1 fully saturated rings. The summed E-state index contributed by atoms with van der Waals surface area (Å²) >= 11 is 0. The molecule has 166 valence electrons. The third kappa shape index (κ3) is 4.58. The van der Waals surface area contributed by atoms with Gasteiger partial charge in [0, 0.05) is 13.1 Å². The monoisotopic (exact) mass is 437 g/mol. The maximum atomic E-state index is 12.9. The topological polar surface area (TPSA) is 59.2 Å². The Hall–Kier alpha value is -3.73. The van der Waals surface area contributed by atoms with E-state index >= 15 is 0 Å². The molecule has 0 unspecified atom stereocenters. The molecule has 0 saturated carbocycles. The van der Waals surface area contributed by atoms with Gasteiger partial charge in [0.05, 0.1) is 18.3 Å². The highest BCUT2D eigenvalue weighted by atomic mass is 16.5. The van der Waals surface area contributed by atoms with E-state index in [4.69, 9.17) is 9.51 Å². The van der Waals surface area contributed by atoms with E-state index < -0.39 is 0 Å². The molecule has 0 aliphatic carbocycles. The lowest BCUT2D eigenvalue weighted by Crippen LogP contribution is -2.46. The summed E-state index contributed by atoms with van der Waals surface area (Å²) in [5.41, 5.74) is 3.00. The highest BCUT2D eigenvalue weighted by Crippen LogP contribution is 2.40. The van der Waals surface area contributed by atoms with E-state index in [0.717, 1.165) is 29.8 Å². The molecule has 1 aliphatic heterocycles. The second kappa shape index (κ2) is 9.41. The molecule has 1 saturated heterocycles. The van der Waals surface area contributed by atoms with E-state index in [-0.39, 0.29) is 11.3 Å². The van der Waals surface area contributed by atoms with Crippen LogP contribution in [0.25, 0.3) is 0 Å². The first-order valence-electron chi connectivity index (χ1n) is 11.5. The van der Waals surface area contributed by atoms with E-state index in [1.807, 2.05) is 59.5 Å². The van der Waals surface area contributed by atoms with Crippen LogP contribution in [0.1, 0.15) is 41.2 Å². The highest BCUT2D eigenvalue weighted by molar-refractivity contribution is 5.79. The van der Waals surface area contributed by atoms with Gasteiger partial charge in [-0.15, -0.1) is 0 Å². The van der Waals surface area contributed by atoms with Crippen LogP contribution in [0.4, 0.5) is 0 Å². The summed E-state index contributed by atoms with van der Waals surface area (Å²) in [6.45, 7) is 1.34. The Morgan fingerprint density at radius 3 is 2.03 bits per heavy atom. The zero-order valence-electron chi connectivity index (χ0n) is 18.6. The molecule has 2 heterocycles. The van der Waals surface area contributed by atoms with Crippen LogP contribution in [0.15, 0.2) is 95.5 Å². The van der Waals surface area contributed by atoms with Crippen molar-refractivity contribution in [3.63, 3.8) is 0 Å². The first-order chi connectivity index (χ1) is 16.2. The largest absolute Gasteiger partial charge is 0.342 e. The molecule has 5 nitrogen and oxygen atoms in total. The lowest BCUT2D eigenvalue weighted by molar-refractivity contribution is -0.131. The minimum absolute atomic E-state index is 0.167. The second-order valence-electron chi connectivity index (χ2n) is 8.67. The molecule has 5 heteroatoms. The standard InChI is InChI=1S/C28H27N3O2/c32-26(21-23-12-6-2-7-13-23)31-18-16-28(17-19-31,24-14-8-3-9-15-24)27-29-25(33-30-27)20-22-10-4-1-5-11-22/h1-15H,16-21H2. The number of amides is 1. The fourth-order valence-corrected chi connectivity index (χ4v) is 4.71. The third-order valence-corrected chi connectivity index (χ3v) is 6.59. The predicted molar refractivity (Wildman–Crippen MR) is 127 cm³/mol. The minimum Gasteiger partial charge on any atom is -0.342 e. The molecule has 4 aromatic rings. The molecule has 0 atom stereocenters. The first kappa shape index (κ1) is 21.1. The van der Waals surface area contributed by atoms with Crippen LogP contribution >= 0.6 is 0 Å². The van der Waals surface area contributed by atoms with Gasteiger partial charge in [-0.1, -0.05) is 96.2 Å².